The molecule has 0 fully saturated rings. The molecule has 0 aliphatic rings. The Kier molecular flexibility index (Phi) is 5.32. The summed E-state index contributed by atoms with van der Waals surface area (Å²) in [5.41, 5.74) is 7.52. The number of fused-ring (bicyclic) bond motifs is 9. The molecule has 4 aromatic heterocycles. The molecule has 0 unspecified atom stereocenters. The second kappa shape index (κ2) is 9.57. The van der Waals surface area contributed by atoms with Crippen molar-refractivity contribution in [2.75, 3.05) is 0 Å². The fourth-order valence-electron chi connectivity index (χ4n) is 6.81. The molecule has 0 saturated heterocycles. The van der Waals surface area contributed by atoms with Crippen LogP contribution in [0.15, 0.2) is 140 Å². The van der Waals surface area contributed by atoms with Gasteiger partial charge in [0, 0.05) is 52.2 Å². The maximum absolute atomic E-state index is 5.43. The molecule has 6 aromatic carbocycles. The lowest BCUT2D eigenvalue weighted by molar-refractivity contribution is 1.16. The minimum atomic E-state index is 0.735. The zero-order valence-corrected chi connectivity index (χ0v) is 25.6. The Labute approximate surface area is 266 Å². The summed E-state index contributed by atoms with van der Waals surface area (Å²) in [6.07, 6.45) is 0. The van der Waals surface area contributed by atoms with Crippen molar-refractivity contribution in [1.29, 1.82) is 0 Å². The first-order chi connectivity index (χ1) is 22.3. The molecule has 5 heteroatoms. The highest BCUT2D eigenvalue weighted by molar-refractivity contribution is 7.26. The molecule has 4 heterocycles. The second-order valence-electron chi connectivity index (χ2n) is 11.4. The predicted octanol–water partition coefficient (Wildman–Crippen LogP) is 11.6. The van der Waals surface area contributed by atoms with Crippen molar-refractivity contribution in [1.82, 2.24) is 14.5 Å². The Balaban J connectivity index is 1.38. The number of aromatic nitrogens is 3. The van der Waals surface area contributed by atoms with E-state index in [9.17, 15) is 0 Å². The van der Waals surface area contributed by atoms with Crippen molar-refractivity contribution in [3.05, 3.63) is 140 Å². The summed E-state index contributed by atoms with van der Waals surface area (Å²) < 4.78 is 7.28. The van der Waals surface area contributed by atoms with E-state index in [0.29, 0.717) is 0 Å². The number of rotatable bonds is 3. The number of benzene rings is 6. The number of thiophene rings is 2. The zero-order valence-electron chi connectivity index (χ0n) is 23.9. The van der Waals surface area contributed by atoms with Gasteiger partial charge in [-0.25, -0.2) is 9.97 Å². The van der Waals surface area contributed by atoms with Crippen molar-refractivity contribution in [3.8, 4) is 28.3 Å². The molecule has 3 nitrogen and oxygen atoms in total. The molecule has 0 aliphatic carbocycles. The van der Waals surface area contributed by atoms with Gasteiger partial charge in [-0.2, -0.15) is 0 Å². The lowest BCUT2D eigenvalue weighted by atomic mass is 10.0. The molecule has 0 radical (unpaired) electrons. The van der Waals surface area contributed by atoms with Crippen LogP contribution in [0.25, 0.3) is 90.6 Å². The van der Waals surface area contributed by atoms with E-state index in [4.69, 9.17) is 9.97 Å². The molecule has 0 N–H and O–H groups in total. The third-order valence-corrected chi connectivity index (χ3v) is 11.1. The van der Waals surface area contributed by atoms with Gasteiger partial charge in [-0.3, -0.25) is 0 Å². The number of hydrogen-bond donors (Lipinski definition) is 0. The number of nitrogens with zero attached hydrogens (tertiary/aromatic N) is 3. The average Bonchev–Trinajstić information content (AvgIpc) is 3.77. The highest BCUT2D eigenvalue weighted by atomic mass is 32.1. The summed E-state index contributed by atoms with van der Waals surface area (Å²) >= 11 is 3.61. The van der Waals surface area contributed by atoms with Gasteiger partial charge in [-0.05, 0) is 36.4 Å². The Hall–Kier alpha value is -5.36. The maximum Gasteiger partial charge on any atom is 0.162 e. The van der Waals surface area contributed by atoms with E-state index in [2.05, 4.69) is 144 Å². The van der Waals surface area contributed by atoms with Gasteiger partial charge in [0.15, 0.2) is 5.82 Å². The summed E-state index contributed by atoms with van der Waals surface area (Å²) in [6, 6.07) is 49.9. The lowest BCUT2D eigenvalue weighted by Crippen LogP contribution is -2.01. The first-order valence-corrected chi connectivity index (χ1v) is 16.6. The molecular weight excluding hydrogens is 587 g/mol. The maximum atomic E-state index is 5.43. The van der Waals surface area contributed by atoms with E-state index in [1.54, 1.807) is 11.3 Å². The summed E-state index contributed by atoms with van der Waals surface area (Å²) in [5, 5.41) is 6.13. The van der Waals surface area contributed by atoms with Gasteiger partial charge in [-0.1, -0.05) is 103 Å². The minimum absolute atomic E-state index is 0.735. The highest BCUT2D eigenvalue weighted by Crippen LogP contribution is 2.44. The topological polar surface area (TPSA) is 30.7 Å². The highest BCUT2D eigenvalue weighted by Gasteiger charge is 2.22. The first-order valence-electron chi connectivity index (χ1n) is 15.0. The van der Waals surface area contributed by atoms with Crippen molar-refractivity contribution >= 4 is 85.0 Å². The zero-order chi connectivity index (χ0) is 29.5. The van der Waals surface area contributed by atoms with Gasteiger partial charge in [0.05, 0.1) is 32.6 Å². The van der Waals surface area contributed by atoms with Crippen molar-refractivity contribution in [2.24, 2.45) is 0 Å². The van der Waals surface area contributed by atoms with E-state index in [0.717, 1.165) is 38.5 Å². The quantitative estimate of drug-likeness (QED) is 0.199. The van der Waals surface area contributed by atoms with E-state index in [-0.39, 0.29) is 0 Å². The molecule has 10 rings (SSSR count). The molecule has 0 aliphatic heterocycles. The van der Waals surface area contributed by atoms with Crippen molar-refractivity contribution in [3.63, 3.8) is 0 Å². The summed E-state index contributed by atoms with van der Waals surface area (Å²) in [5.74, 6) is 0.735. The van der Waals surface area contributed by atoms with Gasteiger partial charge >= 0.3 is 0 Å². The third kappa shape index (κ3) is 3.69. The molecule has 0 spiro atoms. The van der Waals surface area contributed by atoms with Crippen LogP contribution in [0.4, 0.5) is 0 Å². The van der Waals surface area contributed by atoms with Crippen LogP contribution in [0.3, 0.4) is 0 Å². The van der Waals surface area contributed by atoms with Crippen LogP contribution in [0.2, 0.25) is 0 Å². The van der Waals surface area contributed by atoms with E-state index in [1.165, 1.54) is 52.1 Å². The average molecular weight is 610 g/mol. The SMILES string of the molecule is c1ccc(-c2nc(-c3cc4c(cc3-n3c5ccccc5c5ccccc53)sc3ccccc34)nc3c2sc2ccccc23)cc1. The van der Waals surface area contributed by atoms with Gasteiger partial charge in [-0.15, -0.1) is 22.7 Å². The molecule has 10 aromatic rings. The number of hydrogen-bond acceptors (Lipinski definition) is 4. The van der Waals surface area contributed by atoms with Crippen LogP contribution in [-0.2, 0) is 0 Å². The lowest BCUT2D eigenvalue weighted by Gasteiger charge is -2.15. The summed E-state index contributed by atoms with van der Waals surface area (Å²) in [6.45, 7) is 0. The van der Waals surface area contributed by atoms with Gasteiger partial charge in [0.25, 0.3) is 0 Å². The third-order valence-electron chi connectivity index (χ3n) is 8.82. The second-order valence-corrected chi connectivity index (χ2v) is 13.5. The van der Waals surface area contributed by atoms with Gasteiger partial charge in [0.1, 0.15) is 0 Å². The Morgan fingerprint density at radius 1 is 0.467 bits per heavy atom. The normalized spacial score (nSPS) is 12.0. The minimum Gasteiger partial charge on any atom is -0.308 e. The molecule has 0 atom stereocenters. The summed E-state index contributed by atoms with van der Waals surface area (Å²) in [7, 11) is 0. The van der Waals surface area contributed by atoms with Gasteiger partial charge in [0.2, 0.25) is 0 Å². The summed E-state index contributed by atoms with van der Waals surface area (Å²) in [4.78, 5) is 10.8. The monoisotopic (exact) mass is 609 g/mol. The largest absolute Gasteiger partial charge is 0.308 e. The van der Waals surface area contributed by atoms with E-state index < -0.39 is 0 Å². The Morgan fingerprint density at radius 2 is 1.07 bits per heavy atom. The van der Waals surface area contributed by atoms with Crippen molar-refractivity contribution in [2.45, 2.75) is 0 Å². The standard InChI is InChI=1S/C40H23N3S2/c1-2-12-24(13-3-1)37-39-38(28-17-7-11-21-35(28)45-39)42-40(41-37)30-22-29-27-16-6-10-20-34(27)44-36(29)23-33(30)43-31-18-8-4-14-25(31)26-15-5-9-19-32(26)43/h1-23H. The van der Waals surface area contributed by atoms with Crippen LogP contribution in [0.1, 0.15) is 0 Å². The fraction of sp³-hybridized carbons (Fsp3) is 0. The first kappa shape index (κ1) is 25.0. The molecule has 0 bridgehead atoms. The van der Waals surface area contributed by atoms with E-state index in [1.807, 2.05) is 11.3 Å². The molecule has 210 valence electrons. The predicted molar refractivity (Wildman–Crippen MR) is 193 cm³/mol. The smallest absolute Gasteiger partial charge is 0.162 e. The van der Waals surface area contributed by atoms with Crippen LogP contribution in [-0.4, -0.2) is 14.5 Å². The molecular formula is C40H23N3S2. The van der Waals surface area contributed by atoms with Crippen LogP contribution in [0.5, 0.6) is 0 Å². The van der Waals surface area contributed by atoms with Gasteiger partial charge < -0.3 is 4.57 Å². The van der Waals surface area contributed by atoms with Crippen LogP contribution >= 0.6 is 22.7 Å². The Morgan fingerprint density at radius 3 is 1.80 bits per heavy atom. The van der Waals surface area contributed by atoms with Crippen LogP contribution in [0, 0.1) is 0 Å². The van der Waals surface area contributed by atoms with Crippen molar-refractivity contribution < 1.29 is 0 Å². The Bertz CT molecular complexity index is 2710. The molecule has 0 saturated carbocycles. The van der Waals surface area contributed by atoms with E-state index >= 15 is 0 Å². The fourth-order valence-corrected chi connectivity index (χ4v) is 9.08. The molecule has 0 amide bonds. The van der Waals surface area contributed by atoms with Crippen LogP contribution < -0.4 is 0 Å². The molecule has 45 heavy (non-hydrogen) atoms. The number of para-hydroxylation sites is 2.